The second-order valence-electron chi connectivity index (χ2n) is 5.13. The van der Waals surface area contributed by atoms with Gasteiger partial charge in [-0.1, -0.05) is 30.6 Å². The average Bonchev–Trinajstić information content (AvgIpc) is 2.47. The van der Waals surface area contributed by atoms with E-state index in [-0.39, 0.29) is 5.84 Å². The zero-order valence-corrected chi connectivity index (χ0v) is 11.5. The lowest BCUT2D eigenvalue weighted by atomic mass is 9.96. The molecule has 0 spiro atoms. The van der Waals surface area contributed by atoms with Crippen LogP contribution in [0.3, 0.4) is 0 Å². The number of hydrogen-bond donors (Lipinski definition) is 2. The maximum absolute atomic E-state index is 8.92. The van der Waals surface area contributed by atoms with Gasteiger partial charge in [-0.3, -0.25) is 0 Å². The van der Waals surface area contributed by atoms with Crippen molar-refractivity contribution in [1.29, 1.82) is 0 Å². The van der Waals surface area contributed by atoms with E-state index in [1.54, 1.807) is 0 Å². The van der Waals surface area contributed by atoms with E-state index < -0.39 is 0 Å². The average molecular weight is 261 g/mol. The highest BCUT2D eigenvalue weighted by molar-refractivity contribution is 6.02. The number of para-hydroxylation sites is 1. The number of anilines is 1. The van der Waals surface area contributed by atoms with E-state index in [9.17, 15) is 0 Å². The maximum Gasteiger partial charge on any atom is 0.172 e. The normalized spacial score (nSPS) is 20.6. The first kappa shape index (κ1) is 13.7. The van der Waals surface area contributed by atoms with Crippen molar-refractivity contribution < 1.29 is 5.21 Å². The van der Waals surface area contributed by atoms with Gasteiger partial charge in [-0.2, -0.15) is 0 Å². The summed E-state index contributed by atoms with van der Waals surface area (Å²) in [5.41, 5.74) is 7.71. The topological polar surface area (TPSA) is 61.8 Å². The molecule has 0 saturated carbocycles. The number of benzene rings is 1. The highest BCUT2D eigenvalue weighted by Gasteiger charge is 2.24. The Morgan fingerprint density at radius 1 is 1.42 bits per heavy atom. The van der Waals surface area contributed by atoms with Crippen LogP contribution in [0.4, 0.5) is 5.69 Å². The summed E-state index contributed by atoms with van der Waals surface area (Å²) in [6.45, 7) is 3.28. The first-order chi connectivity index (χ1) is 9.27. The van der Waals surface area contributed by atoms with Gasteiger partial charge in [0.25, 0.3) is 0 Å². The van der Waals surface area contributed by atoms with Crippen LogP contribution in [0, 0.1) is 0 Å². The summed E-state index contributed by atoms with van der Waals surface area (Å²) in [4.78, 5) is 2.43. The van der Waals surface area contributed by atoms with Crippen LogP contribution in [-0.4, -0.2) is 23.6 Å². The fraction of sp³-hybridized carbons (Fsp3) is 0.533. The molecule has 1 aliphatic rings. The minimum absolute atomic E-state index is 0.191. The van der Waals surface area contributed by atoms with Crippen LogP contribution >= 0.6 is 0 Å². The summed E-state index contributed by atoms with van der Waals surface area (Å²) in [5, 5.41) is 12.1. The summed E-state index contributed by atoms with van der Waals surface area (Å²) in [7, 11) is 0. The van der Waals surface area contributed by atoms with Crippen molar-refractivity contribution in [3.63, 3.8) is 0 Å². The molecule has 1 heterocycles. The number of rotatable bonds is 4. The summed E-state index contributed by atoms with van der Waals surface area (Å²) >= 11 is 0. The first-order valence-corrected chi connectivity index (χ1v) is 7.11. The van der Waals surface area contributed by atoms with E-state index in [4.69, 9.17) is 10.9 Å². The molecule has 2 rings (SSSR count). The Labute approximate surface area is 114 Å². The Morgan fingerprint density at radius 3 is 2.95 bits per heavy atom. The number of amidine groups is 1. The molecule has 0 aromatic heterocycles. The quantitative estimate of drug-likeness (QED) is 0.379. The van der Waals surface area contributed by atoms with Crippen molar-refractivity contribution in [3.05, 3.63) is 29.8 Å². The van der Waals surface area contributed by atoms with E-state index in [1.807, 2.05) is 18.2 Å². The Kier molecular flexibility index (Phi) is 4.66. The van der Waals surface area contributed by atoms with Crippen molar-refractivity contribution in [3.8, 4) is 0 Å². The lowest BCUT2D eigenvalue weighted by Gasteiger charge is -2.38. The largest absolute Gasteiger partial charge is 0.409 e. The third-order valence-corrected chi connectivity index (χ3v) is 3.85. The maximum atomic E-state index is 8.92. The molecular formula is C15H23N3O. The van der Waals surface area contributed by atoms with Crippen LogP contribution in [0.25, 0.3) is 0 Å². The van der Waals surface area contributed by atoms with E-state index >= 15 is 0 Å². The molecular weight excluding hydrogens is 238 g/mol. The highest BCUT2D eigenvalue weighted by Crippen LogP contribution is 2.29. The summed E-state index contributed by atoms with van der Waals surface area (Å²) in [6, 6.07) is 8.51. The highest BCUT2D eigenvalue weighted by atomic mass is 16.4. The van der Waals surface area contributed by atoms with Crippen LogP contribution in [0.1, 0.15) is 44.6 Å². The van der Waals surface area contributed by atoms with Gasteiger partial charge in [-0.15, -0.1) is 0 Å². The first-order valence-electron chi connectivity index (χ1n) is 7.11. The molecule has 4 nitrogen and oxygen atoms in total. The minimum Gasteiger partial charge on any atom is -0.409 e. The second-order valence-corrected chi connectivity index (χ2v) is 5.13. The van der Waals surface area contributed by atoms with Crippen molar-refractivity contribution in [1.82, 2.24) is 0 Å². The molecule has 1 aromatic rings. The molecule has 4 heteroatoms. The molecule has 0 bridgehead atoms. The van der Waals surface area contributed by atoms with Gasteiger partial charge >= 0.3 is 0 Å². The Morgan fingerprint density at radius 2 is 2.21 bits per heavy atom. The van der Waals surface area contributed by atoms with Gasteiger partial charge in [-0.05, 0) is 37.8 Å². The fourth-order valence-corrected chi connectivity index (χ4v) is 2.95. The summed E-state index contributed by atoms with van der Waals surface area (Å²) in [5.74, 6) is 0.191. The molecule has 0 radical (unpaired) electrons. The monoisotopic (exact) mass is 261 g/mol. The Hall–Kier alpha value is -1.71. The van der Waals surface area contributed by atoms with E-state index in [2.05, 4.69) is 23.0 Å². The van der Waals surface area contributed by atoms with E-state index in [1.165, 1.54) is 32.1 Å². The van der Waals surface area contributed by atoms with Gasteiger partial charge < -0.3 is 15.8 Å². The van der Waals surface area contributed by atoms with Crippen molar-refractivity contribution in [2.75, 3.05) is 11.4 Å². The molecule has 1 unspecified atom stereocenters. The second kappa shape index (κ2) is 6.45. The standard InChI is InChI=1S/C15H23N3O/c1-2-7-12-8-5-6-11-18(12)14-10-4-3-9-13(14)15(16)17-19/h3-4,9-10,12,19H,2,5-8,11H2,1H3,(H2,16,17). The van der Waals surface area contributed by atoms with Crippen LogP contribution in [-0.2, 0) is 0 Å². The molecule has 0 aliphatic carbocycles. The number of piperidine rings is 1. The smallest absolute Gasteiger partial charge is 0.172 e. The molecule has 0 amide bonds. The van der Waals surface area contributed by atoms with Crippen LogP contribution < -0.4 is 10.6 Å². The molecule has 1 saturated heterocycles. The third kappa shape index (κ3) is 3.00. The fourth-order valence-electron chi connectivity index (χ4n) is 2.95. The van der Waals surface area contributed by atoms with E-state index in [0.717, 1.165) is 17.8 Å². The van der Waals surface area contributed by atoms with Crippen LogP contribution in [0.2, 0.25) is 0 Å². The lowest BCUT2D eigenvalue weighted by Crippen LogP contribution is -2.40. The molecule has 1 aliphatic heterocycles. The zero-order chi connectivity index (χ0) is 13.7. The molecule has 1 aromatic carbocycles. The van der Waals surface area contributed by atoms with Gasteiger partial charge in [0.1, 0.15) is 0 Å². The number of nitrogens with two attached hydrogens (primary N) is 1. The molecule has 3 N–H and O–H groups in total. The Bertz CT molecular complexity index is 443. The molecule has 104 valence electrons. The summed E-state index contributed by atoms with van der Waals surface area (Å²) in [6.07, 6.45) is 6.13. The number of oxime groups is 1. The van der Waals surface area contributed by atoms with E-state index in [0.29, 0.717) is 6.04 Å². The Balaban J connectivity index is 2.33. The molecule has 1 atom stereocenters. The van der Waals surface area contributed by atoms with Crippen molar-refractivity contribution in [2.24, 2.45) is 10.9 Å². The number of hydrogen-bond acceptors (Lipinski definition) is 3. The van der Waals surface area contributed by atoms with Crippen LogP contribution in [0.5, 0.6) is 0 Å². The van der Waals surface area contributed by atoms with Gasteiger partial charge in [0, 0.05) is 23.8 Å². The van der Waals surface area contributed by atoms with Gasteiger partial charge in [0.05, 0.1) is 0 Å². The molecule has 1 fully saturated rings. The SMILES string of the molecule is CCCC1CCCCN1c1ccccc1/C(N)=N/O. The third-order valence-electron chi connectivity index (χ3n) is 3.85. The minimum atomic E-state index is 0.191. The number of nitrogens with zero attached hydrogens (tertiary/aromatic N) is 2. The summed E-state index contributed by atoms with van der Waals surface area (Å²) < 4.78 is 0. The van der Waals surface area contributed by atoms with Gasteiger partial charge in [-0.25, -0.2) is 0 Å². The van der Waals surface area contributed by atoms with Crippen LogP contribution in [0.15, 0.2) is 29.4 Å². The lowest BCUT2D eigenvalue weighted by molar-refractivity contribution is 0.318. The van der Waals surface area contributed by atoms with Crippen molar-refractivity contribution in [2.45, 2.75) is 45.1 Å². The zero-order valence-electron chi connectivity index (χ0n) is 11.5. The van der Waals surface area contributed by atoms with Gasteiger partial charge in [0.2, 0.25) is 0 Å². The van der Waals surface area contributed by atoms with Gasteiger partial charge in [0.15, 0.2) is 5.84 Å². The predicted molar refractivity (Wildman–Crippen MR) is 78.8 cm³/mol. The van der Waals surface area contributed by atoms with Crippen molar-refractivity contribution >= 4 is 11.5 Å². The molecule has 19 heavy (non-hydrogen) atoms. The predicted octanol–water partition coefficient (Wildman–Crippen LogP) is 2.94.